The molecule has 7 rings (SSSR count). The molecule has 0 saturated carbocycles. The maximum Gasteiger partial charge on any atom is 0.246 e. The number of nitrogens with zero attached hydrogens (tertiary/aromatic N) is 1. The zero-order valence-electron chi connectivity index (χ0n) is 17.6. The lowest BCUT2D eigenvalue weighted by atomic mass is 9.35. The van der Waals surface area contributed by atoms with Crippen molar-refractivity contribution in [1.82, 2.24) is 4.57 Å². The standard InChI is InChI=1S/C30H20BN/c1-2-9-21(10-3-1)22-17-19-23(20-18-22)31-26-13-5-7-16-29(26)32-28-15-6-4-11-24(28)25-12-8-14-27(31)30(25)32/h1-20H. The molecular weight excluding hydrogens is 385 g/mol. The molecular formula is C30H20BN. The average Bonchev–Trinajstić information content (AvgIpc) is 3.21. The van der Waals surface area contributed by atoms with Gasteiger partial charge in [-0.25, -0.2) is 0 Å². The van der Waals surface area contributed by atoms with Crippen molar-refractivity contribution in [3.05, 3.63) is 121 Å². The molecule has 148 valence electrons. The molecule has 1 aliphatic heterocycles. The third-order valence-corrected chi connectivity index (χ3v) is 6.88. The summed E-state index contributed by atoms with van der Waals surface area (Å²) in [5, 5.41) is 2.65. The van der Waals surface area contributed by atoms with Crippen molar-refractivity contribution in [2.24, 2.45) is 0 Å². The van der Waals surface area contributed by atoms with Gasteiger partial charge in [-0.15, -0.1) is 0 Å². The monoisotopic (exact) mass is 405 g/mol. The lowest BCUT2D eigenvalue weighted by molar-refractivity contribution is 1.19. The predicted molar refractivity (Wildman–Crippen MR) is 137 cm³/mol. The summed E-state index contributed by atoms with van der Waals surface area (Å²) < 4.78 is 2.46. The highest BCUT2D eigenvalue weighted by Crippen LogP contribution is 2.32. The van der Waals surface area contributed by atoms with Gasteiger partial charge in [0.25, 0.3) is 0 Å². The molecule has 1 aromatic heterocycles. The Hall–Kier alpha value is -4.04. The Kier molecular flexibility index (Phi) is 3.71. The highest BCUT2D eigenvalue weighted by atomic mass is 15.0. The largest absolute Gasteiger partial charge is 0.310 e. The van der Waals surface area contributed by atoms with Gasteiger partial charge in [0.2, 0.25) is 6.71 Å². The summed E-state index contributed by atoms with van der Waals surface area (Å²) in [7, 11) is 0. The Bertz CT molecular complexity index is 1610. The maximum atomic E-state index is 2.46. The normalized spacial score (nSPS) is 12.3. The van der Waals surface area contributed by atoms with Crippen LogP contribution in [0.1, 0.15) is 0 Å². The second-order valence-electron chi connectivity index (χ2n) is 8.58. The number of hydrogen-bond donors (Lipinski definition) is 0. The highest BCUT2D eigenvalue weighted by molar-refractivity contribution is 6.98. The van der Waals surface area contributed by atoms with E-state index in [1.165, 1.54) is 55.0 Å². The van der Waals surface area contributed by atoms with Gasteiger partial charge in [-0.05, 0) is 34.2 Å². The third kappa shape index (κ3) is 2.41. The van der Waals surface area contributed by atoms with E-state index >= 15 is 0 Å². The molecule has 0 saturated heterocycles. The smallest absolute Gasteiger partial charge is 0.246 e. The summed E-state index contributed by atoms with van der Waals surface area (Å²) in [5.74, 6) is 0. The molecule has 0 N–H and O–H groups in total. The Labute approximate surface area is 187 Å². The minimum Gasteiger partial charge on any atom is -0.310 e. The lowest BCUT2D eigenvalue weighted by Crippen LogP contribution is -2.55. The van der Waals surface area contributed by atoms with Gasteiger partial charge in [-0.3, -0.25) is 0 Å². The Morgan fingerprint density at radius 2 is 1.12 bits per heavy atom. The van der Waals surface area contributed by atoms with Gasteiger partial charge in [0.05, 0.1) is 5.52 Å². The van der Waals surface area contributed by atoms with E-state index in [4.69, 9.17) is 0 Å². The Morgan fingerprint density at radius 3 is 2.00 bits per heavy atom. The van der Waals surface area contributed by atoms with Crippen molar-refractivity contribution in [2.45, 2.75) is 0 Å². The molecule has 0 radical (unpaired) electrons. The number of hydrogen-bond acceptors (Lipinski definition) is 0. The van der Waals surface area contributed by atoms with Crippen molar-refractivity contribution < 1.29 is 0 Å². The van der Waals surface area contributed by atoms with Crippen LogP contribution in [0, 0.1) is 0 Å². The minimum absolute atomic E-state index is 0.219. The van der Waals surface area contributed by atoms with Gasteiger partial charge >= 0.3 is 0 Å². The lowest BCUT2D eigenvalue weighted by Gasteiger charge is -2.27. The third-order valence-electron chi connectivity index (χ3n) is 6.88. The molecule has 0 bridgehead atoms. The molecule has 6 aromatic rings. The molecule has 2 heterocycles. The molecule has 0 fully saturated rings. The van der Waals surface area contributed by atoms with Crippen LogP contribution in [0.5, 0.6) is 0 Å². The van der Waals surface area contributed by atoms with Crippen molar-refractivity contribution in [1.29, 1.82) is 0 Å². The SMILES string of the molecule is c1ccc(-c2ccc(B3c4ccccc4-n4c5ccccc5c5cccc3c54)cc2)cc1. The van der Waals surface area contributed by atoms with Crippen LogP contribution in [-0.4, -0.2) is 11.3 Å². The van der Waals surface area contributed by atoms with Crippen LogP contribution in [0.25, 0.3) is 38.6 Å². The van der Waals surface area contributed by atoms with Gasteiger partial charge in [0.15, 0.2) is 0 Å². The molecule has 1 nitrogen and oxygen atoms in total. The predicted octanol–water partition coefficient (Wildman–Crippen LogP) is 5.28. The van der Waals surface area contributed by atoms with E-state index in [2.05, 4.69) is 126 Å². The number of rotatable bonds is 2. The number of fused-ring (bicyclic) bond motifs is 5. The van der Waals surface area contributed by atoms with Crippen molar-refractivity contribution in [2.75, 3.05) is 0 Å². The molecule has 5 aromatic carbocycles. The second kappa shape index (κ2) is 6.73. The fourth-order valence-corrected chi connectivity index (χ4v) is 5.49. The first-order valence-electron chi connectivity index (χ1n) is 11.2. The quantitative estimate of drug-likeness (QED) is 0.345. The molecule has 0 aliphatic carbocycles. The van der Waals surface area contributed by atoms with Crippen molar-refractivity contribution in [3.8, 4) is 16.8 Å². The number of aromatic nitrogens is 1. The van der Waals surface area contributed by atoms with Gasteiger partial charge in [-0.2, -0.15) is 0 Å². The minimum atomic E-state index is 0.219. The van der Waals surface area contributed by atoms with Crippen LogP contribution < -0.4 is 16.4 Å². The summed E-state index contributed by atoms with van der Waals surface area (Å²) in [4.78, 5) is 0. The Morgan fingerprint density at radius 1 is 0.469 bits per heavy atom. The van der Waals surface area contributed by atoms with E-state index in [1.807, 2.05) is 0 Å². The van der Waals surface area contributed by atoms with E-state index in [0.29, 0.717) is 0 Å². The topological polar surface area (TPSA) is 4.93 Å². The van der Waals surface area contributed by atoms with Crippen LogP contribution in [0.3, 0.4) is 0 Å². The highest BCUT2D eigenvalue weighted by Gasteiger charge is 2.32. The summed E-state index contributed by atoms with van der Waals surface area (Å²) in [6.07, 6.45) is 0. The second-order valence-corrected chi connectivity index (χ2v) is 8.58. The maximum absolute atomic E-state index is 2.46. The molecule has 32 heavy (non-hydrogen) atoms. The van der Waals surface area contributed by atoms with Crippen LogP contribution in [0.15, 0.2) is 121 Å². The van der Waals surface area contributed by atoms with Gasteiger partial charge in [0, 0.05) is 22.0 Å². The van der Waals surface area contributed by atoms with E-state index < -0.39 is 0 Å². The Balaban J connectivity index is 1.50. The summed E-state index contributed by atoms with van der Waals surface area (Å²) >= 11 is 0. The van der Waals surface area contributed by atoms with Crippen LogP contribution in [0.4, 0.5) is 0 Å². The summed E-state index contributed by atoms with van der Waals surface area (Å²) in [6, 6.07) is 44.2. The zero-order chi connectivity index (χ0) is 21.1. The van der Waals surface area contributed by atoms with E-state index in [0.717, 1.165) is 0 Å². The fraction of sp³-hybridized carbons (Fsp3) is 0. The first-order valence-corrected chi connectivity index (χ1v) is 11.2. The van der Waals surface area contributed by atoms with E-state index in [9.17, 15) is 0 Å². The van der Waals surface area contributed by atoms with Crippen molar-refractivity contribution >= 4 is 44.9 Å². The summed E-state index contributed by atoms with van der Waals surface area (Å²) in [5.41, 5.74) is 10.5. The molecule has 1 aliphatic rings. The first-order chi connectivity index (χ1) is 15.9. The van der Waals surface area contributed by atoms with Gasteiger partial charge in [0.1, 0.15) is 0 Å². The van der Waals surface area contributed by atoms with Crippen LogP contribution in [-0.2, 0) is 0 Å². The van der Waals surface area contributed by atoms with Crippen molar-refractivity contribution in [3.63, 3.8) is 0 Å². The van der Waals surface area contributed by atoms with Gasteiger partial charge < -0.3 is 4.57 Å². The molecule has 0 spiro atoms. The summed E-state index contributed by atoms with van der Waals surface area (Å²) in [6.45, 7) is 0.219. The number of para-hydroxylation sites is 3. The molecule has 0 amide bonds. The number of benzene rings is 5. The molecule has 2 heteroatoms. The van der Waals surface area contributed by atoms with Crippen LogP contribution in [0.2, 0.25) is 0 Å². The van der Waals surface area contributed by atoms with E-state index in [1.54, 1.807) is 0 Å². The molecule has 0 atom stereocenters. The average molecular weight is 405 g/mol. The van der Waals surface area contributed by atoms with E-state index in [-0.39, 0.29) is 6.71 Å². The fourth-order valence-electron chi connectivity index (χ4n) is 5.49. The van der Waals surface area contributed by atoms with Crippen LogP contribution >= 0.6 is 0 Å². The first kappa shape index (κ1) is 17.6. The zero-order valence-corrected chi connectivity index (χ0v) is 17.6. The molecule has 0 unspecified atom stereocenters. The van der Waals surface area contributed by atoms with Gasteiger partial charge in [-0.1, -0.05) is 115 Å².